The van der Waals surface area contributed by atoms with Crippen molar-refractivity contribution in [3.05, 3.63) is 90.0 Å². The van der Waals surface area contributed by atoms with Crippen LogP contribution in [-0.2, 0) is 19.6 Å². The number of ether oxygens (including phenoxy) is 1. The van der Waals surface area contributed by atoms with Gasteiger partial charge in [0, 0.05) is 5.69 Å². The number of hydrazone groups is 1. The van der Waals surface area contributed by atoms with E-state index >= 15 is 0 Å². The Hall–Kier alpha value is -4.32. The van der Waals surface area contributed by atoms with Crippen molar-refractivity contribution in [3.63, 3.8) is 0 Å². The summed E-state index contributed by atoms with van der Waals surface area (Å²) in [5, 5.41) is 6.38. The van der Waals surface area contributed by atoms with E-state index in [1.165, 1.54) is 42.6 Å². The monoisotopic (exact) mass is 516 g/mol. The van der Waals surface area contributed by atoms with Crippen LogP contribution in [0.3, 0.4) is 0 Å². The summed E-state index contributed by atoms with van der Waals surface area (Å²) in [6, 6.07) is 16.5. The third-order valence-corrected chi connectivity index (χ3v) is 5.72. The van der Waals surface area contributed by atoms with Gasteiger partial charge in [-0.15, -0.1) is 0 Å². The molecule has 0 unspecified atom stereocenters. The van der Waals surface area contributed by atoms with Crippen molar-refractivity contribution in [1.29, 1.82) is 0 Å². The molecule has 0 fully saturated rings. The van der Waals surface area contributed by atoms with Crippen molar-refractivity contribution >= 4 is 39.4 Å². The standard InChI is InChI=1S/C24H22F2N4O5S/c1-36(33,34)30(21-10-6-19(26)7-11-21)15-23(31)29-27-14-17-2-12-22(13-3-17)35-16-24(32)28-20-8-4-18(25)5-9-20/h2-14H,15-16H2,1H3,(H,28,32)(H,29,31)/b27-14-. The Morgan fingerprint density at radius 2 is 1.50 bits per heavy atom. The van der Waals surface area contributed by atoms with Crippen LogP contribution in [0.1, 0.15) is 5.56 Å². The fourth-order valence-corrected chi connectivity index (χ4v) is 3.74. The highest BCUT2D eigenvalue weighted by Crippen LogP contribution is 2.17. The quantitative estimate of drug-likeness (QED) is 0.318. The van der Waals surface area contributed by atoms with Gasteiger partial charge in [-0.2, -0.15) is 5.10 Å². The van der Waals surface area contributed by atoms with E-state index in [-0.39, 0.29) is 12.3 Å². The molecule has 188 valence electrons. The summed E-state index contributed by atoms with van der Waals surface area (Å²) in [5.41, 5.74) is 3.41. The normalized spacial score (nSPS) is 11.2. The van der Waals surface area contributed by atoms with E-state index in [0.29, 0.717) is 17.0 Å². The number of rotatable bonds is 10. The number of halogens is 2. The second-order valence-electron chi connectivity index (χ2n) is 7.45. The Morgan fingerprint density at radius 1 is 0.917 bits per heavy atom. The number of anilines is 2. The van der Waals surface area contributed by atoms with Gasteiger partial charge in [0.05, 0.1) is 18.2 Å². The molecule has 12 heteroatoms. The Morgan fingerprint density at radius 3 is 2.08 bits per heavy atom. The molecule has 3 aromatic rings. The lowest BCUT2D eigenvalue weighted by atomic mass is 10.2. The Kier molecular flexibility index (Phi) is 8.68. The van der Waals surface area contributed by atoms with Crippen LogP contribution in [0.5, 0.6) is 5.75 Å². The Balaban J connectivity index is 1.48. The molecule has 0 radical (unpaired) electrons. The summed E-state index contributed by atoms with van der Waals surface area (Å²) in [6.07, 6.45) is 2.27. The van der Waals surface area contributed by atoms with Crippen molar-refractivity contribution in [2.24, 2.45) is 5.10 Å². The van der Waals surface area contributed by atoms with Crippen LogP contribution in [0.25, 0.3) is 0 Å². The molecule has 9 nitrogen and oxygen atoms in total. The van der Waals surface area contributed by atoms with Crippen LogP contribution in [0, 0.1) is 11.6 Å². The van der Waals surface area contributed by atoms with E-state index in [4.69, 9.17) is 4.74 Å². The maximum atomic E-state index is 13.1. The Bertz CT molecular complexity index is 1330. The summed E-state index contributed by atoms with van der Waals surface area (Å²) in [5.74, 6) is -1.65. The topological polar surface area (TPSA) is 117 Å². The van der Waals surface area contributed by atoms with E-state index in [1.54, 1.807) is 24.3 Å². The zero-order valence-electron chi connectivity index (χ0n) is 19.0. The van der Waals surface area contributed by atoms with Crippen molar-refractivity contribution in [2.75, 3.05) is 29.0 Å². The minimum Gasteiger partial charge on any atom is -0.484 e. The summed E-state index contributed by atoms with van der Waals surface area (Å²) in [4.78, 5) is 24.1. The molecule has 3 aromatic carbocycles. The third kappa shape index (κ3) is 8.17. The number of hydrogen-bond donors (Lipinski definition) is 2. The average molecular weight is 517 g/mol. The van der Waals surface area contributed by atoms with Crippen LogP contribution in [0.15, 0.2) is 77.9 Å². The summed E-state index contributed by atoms with van der Waals surface area (Å²) in [7, 11) is -3.80. The molecule has 0 saturated carbocycles. The SMILES string of the molecule is CS(=O)(=O)N(CC(=O)N/N=C\c1ccc(OCC(=O)Nc2ccc(F)cc2)cc1)c1ccc(F)cc1. The molecule has 0 spiro atoms. The maximum Gasteiger partial charge on any atom is 0.262 e. The molecule has 0 aliphatic rings. The molecular weight excluding hydrogens is 494 g/mol. The first-order chi connectivity index (χ1) is 17.1. The van der Waals surface area contributed by atoms with Crippen molar-refractivity contribution in [3.8, 4) is 5.75 Å². The maximum absolute atomic E-state index is 13.1. The van der Waals surface area contributed by atoms with Gasteiger partial charge in [-0.25, -0.2) is 22.6 Å². The van der Waals surface area contributed by atoms with E-state index in [9.17, 15) is 26.8 Å². The number of carbonyl (C=O) groups excluding carboxylic acids is 2. The predicted octanol–water partition coefficient (Wildman–Crippen LogP) is 2.90. The predicted molar refractivity (Wildman–Crippen MR) is 131 cm³/mol. The van der Waals surface area contributed by atoms with Gasteiger partial charge in [0.2, 0.25) is 10.0 Å². The smallest absolute Gasteiger partial charge is 0.262 e. The Labute approximate surface area is 206 Å². The number of benzene rings is 3. The van der Waals surface area contributed by atoms with Crippen LogP contribution < -0.4 is 19.8 Å². The number of nitrogens with zero attached hydrogens (tertiary/aromatic N) is 2. The summed E-state index contributed by atoms with van der Waals surface area (Å²) < 4.78 is 56.4. The molecule has 0 aliphatic heterocycles. The van der Waals surface area contributed by atoms with Gasteiger partial charge in [0.15, 0.2) is 6.61 Å². The minimum absolute atomic E-state index is 0.139. The second-order valence-corrected chi connectivity index (χ2v) is 9.36. The first kappa shape index (κ1) is 26.3. The summed E-state index contributed by atoms with van der Waals surface area (Å²) in [6.45, 7) is -0.805. The second kappa shape index (κ2) is 11.9. The van der Waals surface area contributed by atoms with Crippen LogP contribution in [0.4, 0.5) is 20.2 Å². The van der Waals surface area contributed by atoms with E-state index in [2.05, 4.69) is 15.8 Å². The van der Waals surface area contributed by atoms with Gasteiger partial charge >= 0.3 is 0 Å². The molecule has 36 heavy (non-hydrogen) atoms. The van der Waals surface area contributed by atoms with Crippen molar-refractivity contribution in [2.45, 2.75) is 0 Å². The molecule has 2 amide bonds. The molecule has 0 aromatic heterocycles. The number of hydrogen-bond acceptors (Lipinski definition) is 6. The number of amides is 2. The molecule has 0 aliphatic carbocycles. The molecule has 3 rings (SSSR count). The van der Waals surface area contributed by atoms with E-state index in [1.807, 2.05) is 0 Å². The van der Waals surface area contributed by atoms with Gasteiger partial charge in [0.1, 0.15) is 23.9 Å². The number of sulfonamides is 1. The van der Waals surface area contributed by atoms with Gasteiger partial charge in [0.25, 0.3) is 11.8 Å². The lowest BCUT2D eigenvalue weighted by Gasteiger charge is -2.21. The summed E-state index contributed by atoms with van der Waals surface area (Å²) >= 11 is 0. The van der Waals surface area contributed by atoms with Gasteiger partial charge in [-0.05, 0) is 78.4 Å². The molecule has 0 saturated heterocycles. The van der Waals surface area contributed by atoms with Crippen LogP contribution >= 0.6 is 0 Å². The van der Waals surface area contributed by atoms with E-state index in [0.717, 1.165) is 22.7 Å². The highest BCUT2D eigenvalue weighted by atomic mass is 32.2. The first-order valence-electron chi connectivity index (χ1n) is 10.4. The van der Waals surface area contributed by atoms with Crippen LogP contribution in [-0.4, -0.2) is 45.9 Å². The largest absolute Gasteiger partial charge is 0.484 e. The molecule has 2 N–H and O–H groups in total. The average Bonchev–Trinajstić information content (AvgIpc) is 2.83. The fraction of sp³-hybridized carbons (Fsp3) is 0.125. The van der Waals surface area contributed by atoms with Gasteiger partial charge in [-0.3, -0.25) is 13.9 Å². The van der Waals surface area contributed by atoms with Crippen molar-refractivity contribution < 1.29 is 31.5 Å². The molecular formula is C24H22F2N4O5S. The fourth-order valence-electron chi connectivity index (χ4n) is 2.88. The molecule has 0 heterocycles. The minimum atomic E-state index is -3.80. The lowest BCUT2D eigenvalue weighted by Crippen LogP contribution is -2.39. The van der Waals surface area contributed by atoms with Gasteiger partial charge in [-0.1, -0.05) is 0 Å². The van der Waals surface area contributed by atoms with Gasteiger partial charge < -0.3 is 10.1 Å². The zero-order chi connectivity index (χ0) is 26.1. The third-order valence-electron chi connectivity index (χ3n) is 4.58. The first-order valence-corrected chi connectivity index (χ1v) is 12.3. The van der Waals surface area contributed by atoms with Crippen LogP contribution in [0.2, 0.25) is 0 Å². The van der Waals surface area contributed by atoms with Crippen molar-refractivity contribution in [1.82, 2.24) is 5.43 Å². The highest BCUT2D eigenvalue weighted by molar-refractivity contribution is 7.92. The number of carbonyl (C=O) groups is 2. The molecule has 0 atom stereocenters. The molecule has 0 bridgehead atoms. The number of nitrogens with one attached hydrogen (secondary N) is 2. The van der Waals surface area contributed by atoms with E-state index < -0.39 is 40.0 Å². The lowest BCUT2D eigenvalue weighted by molar-refractivity contribution is -0.119. The zero-order valence-corrected chi connectivity index (χ0v) is 19.8. The highest BCUT2D eigenvalue weighted by Gasteiger charge is 2.20.